The third-order valence-corrected chi connectivity index (χ3v) is 4.09. The molecule has 0 unspecified atom stereocenters. The van der Waals surface area contributed by atoms with E-state index < -0.39 is 0 Å². The molecule has 3 nitrogen and oxygen atoms in total. The van der Waals surface area contributed by atoms with Gasteiger partial charge < -0.3 is 10.6 Å². The van der Waals surface area contributed by atoms with Crippen molar-refractivity contribution in [3.8, 4) is 0 Å². The van der Waals surface area contributed by atoms with Gasteiger partial charge in [-0.3, -0.25) is 4.79 Å². The van der Waals surface area contributed by atoms with Gasteiger partial charge >= 0.3 is 0 Å². The van der Waals surface area contributed by atoms with Crippen LogP contribution in [0.3, 0.4) is 0 Å². The Morgan fingerprint density at radius 2 is 2.17 bits per heavy atom. The van der Waals surface area contributed by atoms with Crippen molar-refractivity contribution in [1.29, 1.82) is 0 Å². The lowest BCUT2D eigenvalue weighted by molar-refractivity contribution is -0.122. The van der Waals surface area contributed by atoms with Crippen molar-refractivity contribution in [3.63, 3.8) is 0 Å². The van der Waals surface area contributed by atoms with Gasteiger partial charge in [-0.2, -0.15) is 0 Å². The molecule has 0 radical (unpaired) electrons. The van der Waals surface area contributed by atoms with E-state index in [1.54, 1.807) is 0 Å². The molecular weight excluding hydrogens is 316 g/mol. The quantitative estimate of drug-likeness (QED) is 0.787. The second-order valence-corrected chi connectivity index (χ2v) is 5.75. The van der Waals surface area contributed by atoms with E-state index in [1.807, 2.05) is 18.2 Å². The Labute approximate surface area is 120 Å². The van der Waals surface area contributed by atoms with E-state index in [9.17, 15) is 4.79 Å². The summed E-state index contributed by atoms with van der Waals surface area (Å²) >= 11 is 9.36. The molecule has 18 heavy (non-hydrogen) atoms. The van der Waals surface area contributed by atoms with Gasteiger partial charge in [0.05, 0.1) is 5.02 Å². The first kappa shape index (κ1) is 13.8. The first-order chi connectivity index (χ1) is 8.66. The highest BCUT2D eigenvalue weighted by molar-refractivity contribution is 9.10. The monoisotopic (exact) mass is 330 g/mol. The van der Waals surface area contributed by atoms with Gasteiger partial charge in [-0.25, -0.2) is 0 Å². The van der Waals surface area contributed by atoms with Crippen LogP contribution in [0.4, 0.5) is 0 Å². The fraction of sp³-hybridized carbons (Fsp3) is 0.462. The average molecular weight is 332 g/mol. The molecule has 1 amide bonds. The summed E-state index contributed by atoms with van der Waals surface area (Å²) in [5.74, 6) is 0.485. The van der Waals surface area contributed by atoms with Gasteiger partial charge in [0.2, 0.25) is 5.91 Å². The molecule has 0 aromatic heterocycles. The molecule has 0 spiro atoms. The number of nitrogens with one attached hydrogen (secondary N) is 2. The van der Waals surface area contributed by atoms with E-state index in [0.29, 0.717) is 6.54 Å². The molecule has 2 rings (SSSR count). The molecule has 0 bridgehead atoms. The first-order valence-electron chi connectivity index (χ1n) is 6.09. The third-order valence-electron chi connectivity index (χ3n) is 2.86. The van der Waals surface area contributed by atoms with Gasteiger partial charge in [-0.15, -0.1) is 0 Å². The fourth-order valence-electron chi connectivity index (χ4n) is 1.65. The second-order valence-electron chi connectivity index (χ2n) is 4.49. The van der Waals surface area contributed by atoms with Gasteiger partial charge in [-0.1, -0.05) is 17.7 Å². The maximum atomic E-state index is 11.4. The van der Waals surface area contributed by atoms with Gasteiger partial charge in [0.15, 0.2) is 0 Å². The van der Waals surface area contributed by atoms with Crippen LogP contribution in [0.15, 0.2) is 22.7 Å². The van der Waals surface area contributed by atoms with E-state index in [0.717, 1.165) is 41.0 Å². The van der Waals surface area contributed by atoms with Crippen LogP contribution >= 0.6 is 27.5 Å². The molecule has 1 saturated carbocycles. The fourth-order valence-corrected chi connectivity index (χ4v) is 2.10. The van der Waals surface area contributed by atoms with Gasteiger partial charge in [0.25, 0.3) is 0 Å². The minimum atomic E-state index is 0.198. The normalized spacial score (nSPS) is 14.6. The lowest BCUT2D eigenvalue weighted by Gasteiger charge is -2.07. The maximum Gasteiger partial charge on any atom is 0.223 e. The van der Waals surface area contributed by atoms with Gasteiger partial charge in [0.1, 0.15) is 0 Å². The third kappa shape index (κ3) is 4.26. The first-order valence-corrected chi connectivity index (χ1v) is 7.26. The van der Waals surface area contributed by atoms with E-state index >= 15 is 0 Å². The Morgan fingerprint density at radius 1 is 1.39 bits per heavy atom. The van der Waals surface area contributed by atoms with E-state index in [-0.39, 0.29) is 11.8 Å². The predicted molar refractivity (Wildman–Crippen MR) is 76.6 cm³/mol. The molecular formula is C13H16BrClN2O. The molecule has 1 aliphatic carbocycles. The molecule has 5 heteroatoms. The number of rotatable bonds is 6. The summed E-state index contributed by atoms with van der Waals surface area (Å²) in [4.78, 5) is 11.4. The standard InChI is InChI=1S/C13H16BrClN2O/c14-11-4-1-9(7-12(11)15)8-16-5-6-17-13(18)10-2-3-10/h1,4,7,10,16H,2-3,5-6,8H2,(H,17,18). The highest BCUT2D eigenvalue weighted by atomic mass is 79.9. The Kier molecular flexibility index (Phi) is 5.03. The minimum Gasteiger partial charge on any atom is -0.355 e. The van der Waals surface area contributed by atoms with Crippen LogP contribution in [-0.4, -0.2) is 19.0 Å². The molecule has 98 valence electrons. The average Bonchev–Trinajstić information content (AvgIpc) is 3.17. The summed E-state index contributed by atoms with van der Waals surface area (Å²) < 4.78 is 0.907. The van der Waals surface area contributed by atoms with E-state index in [4.69, 9.17) is 11.6 Å². The molecule has 0 heterocycles. The number of halogens is 2. The zero-order valence-corrected chi connectivity index (χ0v) is 12.4. The number of hydrogen-bond acceptors (Lipinski definition) is 2. The molecule has 0 aliphatic heterocycles. The highest BCUT2D eigenvalue weighted by Crippen LogP contribution is 2.28. The minimum absolute atomic E-state index is 0.198. The summed E-state index contributed by atoms with van der Waals surface area (Å²) in [6.07, 6.45) is 2.10. The summed E-state index contributed by atoms with van der Waals surface area (Å²) in [5, 5.41) is 6.91. The van der Waals surface area contributed by atoms with Gasteiger partial charge in [0, 0.05) is 30.0 Å². The lowest BCUT2D eigenvalue weighted by atomic mass is 10.2. The van der Waals surface area contributed by atoms with Crippen LogP contribution in [0.2, 0.25) is 5.02 Å². The Hall–Kier alpha value is -0.580. The largest absolute Gasteiger partial charge is 0.355 e. The maximum absolute atomic E-state index is 11.4. The zero-order valence-electron chi connectivity index (χ0n) is 10.0. The van der Waals surface area contributed by atoms with Crippen LogP contribution < -0.4 is 10.6 Å². The number of benzene rings is 1. The van der Waals surface area contributed by atoms with Crippen molar-refractivity contribution in [2.24, 2.45) is 5.92 Å². The number of hydrogen-bond donors (Lipinski definition) is 2. The Balaban J connectivity index is 1.62. The lowest BCUT2D eigenvalue weighted by Crippen LogP contribution is -2.32. The topological polar surface area (TPSA) is 41.1 Å². The van der Waals surface area contributed by atoms with Crippen LogP contribution in [0.5, 0.6) is 0 Å². The van der Waals surface area contributed by atoms with Crippen molar-refractivity contribution in [3.05, 3.63) is 33.3 Å². The van der Waals surface area contributed by atoms with Crippen molar-refractivity contribution in [2.45, 2.75) is 19.4 Å². The van der Waals surface area contributed by atoms with Crippen molar-refractivity contribution in [1.82, 2.24) is 10.6 Å². The molecule has 0 atom stereocenters. The van der Waals surface area contributed by atoms with Crippen LogP contribution in [0.25, 0.3) is 0 Å². The van der Waals surface area contributed by atoms with Crippen molar-refractivity contribution in [2.75, 3.05) is 13.1 Å². The molecule has 2 N–H and O–H groups in total. The number of carbonyl (C=O) groups excluding carboxylic acids is 1. The SMILES string of the molecule is O=C(NCCNCc1ccc(Br)c(Cl)c1)C1CC1. The molecule has 0 saturated heterocycles. The Bertz CT molecular complexity index is 435. The van der Waals surface area contributed by atoms with Crippen LogP contribution in [0, 0.1) is 5.92 Å². The van der Waals surface area contributed by atoms with Crippen LogP contribution in [0.1, 0.15) is 18.4 Å². The summed E-state index contributed by atoms with van der Waals surface area (Å²) in [6, 6.07) is 5.89. The van der Waals surface area contributed by atoms with E-state index in [1.165, 1.54) is 0 Å². The smallest absolute Gasteiger partial charge is 0.223 e. The van der Waals surface area contributed by atoms with Crippen molar-refractivity contribution >= 4 is 33.4 Å². The number of amides is 1. The summed E-state index contributed by atoms with van der Waals surface area (Å²) in [6.45, 7) is 2.21. The number of carbonyl (C=O) groups is 1. The molecule has 1 aromatic rings. The zero-order chi connectivity index (χ0) is 13.0. The van der Waals surface area contributed by atoms with E-state index in [2.05, 4.69) is 26.6 Å². The molecule has 1 aromatic carbocycles. The summed E-state index contributed by atoms with van der Waals surface area (Å²) in [7, 11) is 0. The highest BCUT2D eigenvalue weighted by Gasteiger charge is 2.28. The van der Waals surface area contributed by atoms with Gasteiger partial charge in [-0.05, 0) is 46.5 Å². The Morgan fingerprint density at radius 3 is 2.83 bits per heavy atom. The second kappa shape index (κ2) is 6.55. The summed E-state index contributed by atoms with van der Waals surface area (Å²) in [5.41, 5.74) is 1.14. The predicted octanol–water partition coefficient (Wildman–Crippen LogP) is 2.72. The van der Waals surface area contributed by atoms with Crippen LogP contribution in [-0.2, 0) is 11.3 Å². The van der Waals surface area contributed by atoms with Crippen molar-refractivity contribution < 1.29 is 4.79 Å². The molecule has 1 aliphatic rings. The molecule has 1 fully saturated rings.